The van der Waals surface area contributed by atoms with E-state index in [1.54, 1.807) is 12.1 Å². The van der Waals surface area contributed by atoms with Crippen LogP contribution in [0.2, 0.25) is 0 Å². The molecule has 21 heavy (non-hydrogen) atoms. The van der Waals surface area contributed by atoms with Gasteiger partial charge in [0.25, 0.3) is 5.91 Å². The second-order valence-corrected chi connectivity index (χ2v) is 4.73. The van der Waals surface area contributed by atoms with Gasteiger partial charge >= 0.3 is 0 Å². The van der Waals surface area contributed by atoms with Gasteiger partial charge in [0, 0.05) is 13.0 Å². The lowest BCUT2D eigenvalue weighted by Crippen LogP contribution is -2.32. The number of ether oxygens (including phenoxy) is 1. The molecule has 1 aliphatic rings. The van der Waals surface area contributed by atoms with Crippen molar-refractivity contribution in [3.8, 4) is 5.75 Å². The molecule has 1 amide bonds. The maximum Gasteiger partial charge on any atom is 0.255 e. The first-order valence-corrected chi connectivity index (χ1v) is 6.74. The van der Waals surface area contributed by atoms with E-state index in [0.29, 0.717) is 35.6 Å². The maximum absolute atomic E-state index is 13.0. The van der Waals surface area contributed by atoms with Crippen LogP contribution in [-0.4, -0.2) is 12.5 Å². The molecule has 0 aromatic heterocycles. The van der Waals surface area contributed by atoms with E-state index in [2.05, 4.69) is 5.32 Å². The van der Waals surface area contributed by atoms with Gasteiger partial charge in [0.05, 0.1) is 5.57 Å². The summed E-state index contributed by atoms with van der Waals surface area (Å²) >= 11 is 0. The molecule has 0 radical (unpaired) electrons. The zero-order valence-electron chi connectivity index (χ0n) is 11.3. The van der Waals surface area contributed by atoms with Crippen LogP contribution in [0.5, 0.6) is 5.75 Å². The average Bonchev–Trinajstić information content (AvgIpc) is 2.50. The van der Waals surface area contributed by atoms with Gasteiger partial charge in [-0.1, -0.05) is 30.3 Å². The number of rotatable bonds is 3. The van der Waals surface area contributed by atoms with Crippen molar-refractivity contribution >= 4 is 11.5 Å². The molecule has 2 aromatic carbocycles. The number of carbonyl (C=O) groups excluding carboxylic acids is 1. The molecule has 0 saturated carbocycles. The Hall–Kier alpha value is -2.62. The number of amides is 1. The summed E-state index contributed by atoms with van der Waals surface area (Å²) in [6.45, 7) is 0.533. The summed E-state index contributed by atoms with van der Waals surface area (Å²) in [6.07, 6.45) is 0.605. The fourth-order valence-corrected chi connectivity index (χ4v) is 2.27. The van der Waals surface area contributed by atoms with Crippen LogP contribution < -0.4 is 10.1 Å². The van der Waals surface area contributed by atoms with Gasteiger partial charge in [-0.3, -0.25) is 4.79 Å². The molecule has 1 N–H and O–H groups in total. The van der Waals surface area contributed by atoms with Crippen LogP contribution in [0.4, 0.5) is 4.39 Å². The van der Waals surface area contributed by atoms with Gasteiger partial charge in [-0.2, -0.15) is 0 Å². The molecular formula is C17H14FNO2. The molecule has 1 aliphatic heterocycles. The Balaban J connectivity index is 2.01. The minimum atomic E-state index is -0.332. The van der Waals surface area contributed by atoms with Crippen LogP contribution >= 0.6 is 0 Å². The minimum Gasteiger partial charge on any atom is -0.461 e. The molecule has 0 unspecified atom stereocenters. The third-order valence-corrected chi connectivity index (χ3v) is 3.26. The monoisotopic (exact) mass is 283 g/mol. The molecule has 106 valence electrons. The first-order valence-electron chi connectivity index (χ1n) is 6.74. The standard InChI is InChI=1S/C17H14FNO2/c18-13-8-6-12(7-9-13)16-15(10-11-19-17(16)20)21-14-4-2-1-3-5-14/h1-9H,10-11H2,(H,19,20). The van der Waals surface area contributed by atoms with Crippen molar-refractivity contribution in [2.45, 2.75) is 6.42 Å². The zero-order valence-corrected chi connectivity index (χ0v) is 11.3. The first-order chi connectivity index (χ1) is 10.2. The molecule has 0 spiro atoms. The minimum absolute atomic E-state index is 0.196. The molecular weight excluding hydrogens is 269 g/mol. The van der Waals surface area contributed by atoms with Crippen LogP contribution in [0.1, 0.15) is 12.0 Å². The lowest BCUT2D eigenvalue weighted by atomic mass is 10.00. The van der Waals surface area contributed by atoms with Gasteiger partial charge in [0.15, 0.2) is 0 Å². The molecule has 0 aliphatic carbocycles. The maximum atomic E-state index is 13.0. The van der Waals surface area contributed by atoms with Gasteiger partial charge in [-0.15, -0.1) is 0 Å². The van der Waals surface area contributed by atoms with Gasteiger partial charge < -0.3 is 10.1 Å². The molecule has 0 saturated heterocycles. The zero-order chi connectivity index (χ0) is 14.7. The Morgan fingerprint density at radius 2 is 1.71 bits per heavy atom. The highest BCUT2D eigenvalue weighted by molar-refractivity contribution is 6.20. The average molecular weight is 283 g/mol. The van der Waals surface area contributed by atoms with Crippen molar-refractivity contribution in [1.82, 2.24) is 5.32 Å². The molecule has 0 atom stereocenters. The van der Waals surface area contributed by atoms with Crippen molar-refractivity contribution in [2.75, 3.05) is 6.54 Å². The van der Waals surface area contributed by atoms with Crippen molar-refractivity contribution in [1.29, 1.82) is 0 Å². The van der Waals surface area contributed by atoms with E-state index in [-0.39, 0.29) is 11.7 Å². The van der Waals surface area contributed by atoms with Crippen molar-refractivity contribution < 1.29 is 13.9 Å². The van der Waals surface area contributed by atoms with E-state index >= 15 is 0 Å². The van der Waals surface area contributed by atoms with E-state index in [0.717, 1.165) is 0 Å². The van der Waals surface area contributed by atoms with Crippen molar-refractivity contribution in [3.05, 3.63) is 71.7 Å². The molecule has 4 heteroatoms. The number of para-hydroxylation sites is 1. The Morgan fingerprint density at radius 1 is 1.00 bits per heavy atom. The van der Waals surface area contributed by atoms with Crippen LogP contribution in [-0.2, 0) is 4.79 Å². The molecule has 3 rings (SSSR count). The smallest absolute Gasteiger partial charge is 0.255 e. The van der Waals surface area contributed by atoms with Crippen LogP contribution in [0.15, 0.2) is 60.4 Å². The third kappa shape index (κ3) is 2.94. The number of hydrogen-bond donors (Lipinski definition) is 1. The Bertz CT molecular complexity index is 678. The molecule has 0 bridgehead atoms. The lowest BCUT2D eigenvalue weighted by molar-refractivity contribution is -0.116. The van der Waals surface area contributed by atoms with Crippen LogP contribution in [0.3, 0.4) is 0 Å². The number of benzene rings is 2. The number of hydrogen-bond acceptors (Lipinski definition) is 2. The molecule has 3 nitrogen and oxygen atoms in total. The van der Waals surface area contributed by atoms with Crippen LogP contribution in [0.25, 0.3) is 5.57 Å². The summed E-state index contributed by atoms with van der Waals surface area (Å²) in [4.78, 5) is 12.1. The highest BCUT2D eigenvalue weighted by atomic mass is 19.1. The number of carbonyl (C=O) groups is 1. The highest BCUT2D eigenvalue weighted by Crippen LogP contribution is 2.27. The summed E-state index contributed by atoms with van der Waals surface area (Å²) < 4.78 is 18.9. The Kier molecular flexibility index (Phi) is 3.69. The normalized spacial score (nSPS) is 14.8. The molecule has 1 heterocycles. The van der Waals surface area contributed by atoms with Gasteiger partial charge in [-0.05, 0) is 29.8 Å². The highest BCUT2D eigenvalue weighted by Gasteiger charge is 2.23. The molecule has 2 aromatic rings. The van der Waals surface area contributed by atoms with Gasteiger partial charge in [-0.25, -0.2) is 4.39 Å². The largest absolute Gasteiger partial charge is 0.461 e. The van der Waals surface area contributed by atoms with E-state index in [1.807, 2.05) is 30.3 Å². The SMILES string of the molecule is O=C1NCCC(Oc2ccccc2)=C1c1ccc(F)cc1. The summed E-state index contributed by atoms with van der Waals surface area (Å²) in [5.74, 6) is 0.762. The van der Waals surface area contributed by atoms with E-state index < -0.39 is 0 Å². The van der Waals surface area contributed by atoms with E-state index in [9.17, 15) is 9.18 Å². The van der Waals surface area contributed by atoms with E-state index in [4.69, 9.17) is 4.74 Å². The van der Waals surface area contributed by atoms with E-state index in [1.165, 1.54) is 12.1 Å². The lowest BCUT2D eigenvalue weighted by Gasteiger charge is -2.21. The predicted molar refractivity (Wildman–Crippen MR) is 78.0 cm³/mol. The first kappa shape index (κ1) is 13.4. The van der Waals surface area contributed by atoms with Crippen molar-refractivity contribution in [3.63, 3.8) is 0 Å². The number of nitrogens with one attached hydrogen (secondary N) is 1. The Morgan fingerprint density at radius 3 is 2.43 bits per heavy atom. The summed E-state index contributed by atoms with van der Waals surface area (Å²) in [5, 5.41) is 2.79. The Labute approximate surface area is 122 Å². The van der Waals surface area contributed by atoms with Gasteiger partial charge in [0.2, 0.25) is 0 Å². The fourth-order valence-electron chi connectivity index (χ4n) is 2.27. The molecule has 0 fully saturated rings. The van der Waals surface area contributed by atoms with Crippen LogP contribution in [0, 0.1) is 5.82 Å². The summed E-state index contributed by atoms with van der Waals surface area (Å²) in [7, 11) is 0. The summed E-state index contributed by atoms with van der Waals surface area (Å²) in [5.41, 5.74) is 1.12. The summed E-state index contributed by atoms with van der Waals surface area (Å²) in [6, 6.07) is 15.2. The van der Waals surface area contributed by atoms with Gasteiger partial charge in [0.1, 0.15) is 17.3 Å². The number of halogens is 1. The topological polar surface area (TPSA) is 38.3 Å². The second kappa shape index (κ2) is 5.79. The van der Waals surface area contributed by atoms with Crippen molar-refractivity contribution in [2.24, 2.45) is 0 Å². The third-order valence-electron chi connectivity index (χ3n) is 3.26. The quantitative estimate of drug-likeness (QED) is 0.939. The second-order valence-electron chi connectivity index (χ2n) is 4.73. The fraction of sp³-hybridized carbons (Fsp3) is 0.118. The predicted octanol–water partition coefficient (Wildman–Crippen LogP) is 3.14.